The van der Waals surface area contributed by atoms with E-state index < -0.39 is 5.82 Å². The Hall–Kier alpha value is -3.33. The summed E-state index contributed by atoms with van der Waals surface area (Å²) in [6, 6.07) is 4.72. The van der Waals surface area contributed by atoms with Gasteiger partial charge in [0, 0.05) is 34.6 Å². The number of H-pyrrole nitrogens is 2. The van der Waals surface area contributed by atoms with Crippen LogP contribution in [0.4, 0.5) is 27.7 Å². The number of nitrogens with one attached hydrogen (secondary N) is 4. The van der Waals surface area contributed by atoms with Crippen LogP contribution in [0.1, 0.15) is 24.5 Å². The van der Waals surface area contributed by atoms with Crippen molar-refractivity contribution in [3.8, 4) is 5.88 Å². The summed E-state index contributed by atoms with van der Waals surface area (Å²) in [4.78, 5) is 11.0. The molecule has 0 spiro atoms. The third-order valence-corrected chi connectivity index (χ3v) is 4.89. The molecule has 0 aliphatic heterocycles. The fraction of sp³-hybridized carbons (Fsp3) is 0.167. The summed E-state index contributed by atoms with van der Waals surface area (Å²) in [6.07, 6.45) is 5.27. The molecule has 8 nitrogen and oxygen atoms in total. The highest BCUT2D eigenvalue weighted by molar-refractivity contribution is 6.32. The highest BCUT2D eigenvalue weighted by Gasteiger charge is 2.25. The Balaban J connectivity index is 1.42. The summed E-state index contributed by atoms with van der Waals surface area (Å²) >= 11 is 6.18. The molecule has 0 atom stereocenters. The molecule has 0 saturated heterocycles. The molecule has 5 N–H and O–H groups in total. The molecule has 5 rings (SSSR count). The van der Waals surface area contributed by atoms with Crippen molar-refractivity contribution in [3.63, 3.8) is 0 Å². The molecular weight excluding hydrogens is 385 g/mol. The minimum Gasteiger partial charge on any atom is -0.494 e. The van der Waals surface area contributed by atoms with Crippen LogP contribution in [0.15, 0.2) is 30.6 Å². The monoisotopic (exact) mass is 399 g/mol. The summed E-state index contributed by atoms with van der Waals surface area (Å²) in [5.74, 6) is 1.10. The van der Waals surface area contributed by atoms with Gasteiger partial charge >= 0.3 is 0 Å². The van der Waals surface area contributed by atoms with E-state index in [2.05, 4.69) is 35.8 Å². The minimum atomic E-state index is -0.499. The van der Waals surface area contributed by atoms with E-state index in [0.717, 1.165) is 18.5 Å². The lowest BCUT2D eigenvalue weighted by Gasteiger charge is -2.09. The van der Waals surface area contributed by atoms with Crippen LogP contribution in [0.2, 0.25) is 5.02 Å². The van der Waals surface area contributed by atoms with Crippen molar-refractivity contribution in [2.24, 2.45) is 0 Å². The van der Waals surface area contributed by atoms with Crippen molar-refractivity contribution >= 4 is 45.6 Å². The Morgan fingerprint density at radius 1 is 1.21 bits per heavy atom. The predicted molar refractivity (Wildman–Crippen MR) is 104 cm³/mol. The number of rotatable bonds is 5. The summed E-state index contributed by atoms with van der Waals surface area (Å²) in [5.41, 5.74) is 1.21. The molecule has 10 heteroatoms. The number of benzene rings is 1. The van der Waals surface area contributed by atoms with E-state index >= 15 is 0 Å². The lowest BCUT2D eigenvalue weighted by atomic mass is 10.2. The van der Waals surface area contributed by atoms with E-state index in [-0.39, 0.29) is 17.5 Å². The van der Waals surface area contributed by atoms with Crippen LogP contribution in [0.25, 0.3) is 10.8 Å². The van der Waals surface area contributed by atoms with Gasteiger partial charge in [0.05, 0.1) is 11.9 Å². The zero-order chi connectivity index (χ0) is 19.3. The number of fused-ring (bicyclic) bond motifs is 1. The first-order valence-electron chi connectivity index (χ1n) is 8.68. The molecule has 28 heavy (non-hydrogen) atoms. The standard InChI is InChI=1S/C18H15ClFN7O/c19-11-7-22-18(23-14-4-10-9(3-12(14)20)6-21-17(10)28)25-16(11)24-15-5-13(26-27-15)8-1-2-8/h3-8,21,28H,1-2H2,(H3,22,23,24,25,26,27). The Labute approximate surface area is 163 Å². The van der Waals surface area contributed by atoms with Crippen molar-refractivity contribution < 1.29 is 9.50 Å². The van der Waals surface area contributed by atoms with Crippen LogP contribution < -0.4 is 10.6 Å². The normalized spacial score (nSPS) is 13.8. The third kappa shape index (κ3) is 3.09. The fourth-order valence-corrected chi connectivity index (χ4v) is 3.13. The Bertz CT molecular complexity index is 1180. The zero-order valence-corrected chi connectivity index (χ0v) is 15.2. The van der Waals surface area contributed by atoms with Crippen molar-refractivity contribution in [2.45, 2.75) is 18.8 Å². The lowest BCUT2D eigenvalue weighted by molar-refractivity contribution is 0.462. The summed E-state index contributed by atoms with van der Waals surface area (Å²) < 4.78 is 14.4. The molecule has 1 saturated carbocycles. The molecule has 3 aromatic heterocycles. The number of halogens is 2. The molecule has 1 aliphatic rings. The van der Waals surface area contributed by atoms with Gasteiger partial charge in [-0.25, -0.2) is 9.37 Å². The summed E-state index contributed by atoms with van der Waals surface area (Å²) in [5, 5.41) is 24.2. The van der Waals surface area contributed by atoms with Gasteiger partial charge in [-0.2, -0.15) is 10.1 Å². The summed E-state index contributed by atoms with van der Waals surface area (Å²) in [7, 11) is 0. The molecule has 0 unspecified atom stereocenters. The number of hydrogen-bond acceptors (Lipinski definition) is 6. The largest absolute Gasteiger partial charge is 0.494 e. The first-order valence-corrected chi connectivity index (χ1v) is 9.06. The molecule has 0 radical (unpaired) electrons. The third-order valence-electron chi connectivity index (χ3n) is 4.61. The van der Waals surface area contributed by atoms with E-state index in [1.54, 1.807) is 0 Å². The van der Waals surface area contributed by atoms with E-state index in [4.69, 9.17) is 11.6 Å². The van der Waals surface area contributed by atoms with Gasteiger partial charge in [0.1, 0.15) is 10.8 Å². The second-order valence-corrected chi connectivity index (χ2v) is 7.09. The molecule has 1 fully saturated rings. The molecule has 142 valence electrons. The molecule has 1 aliphatic carbocycles. The number of anilines is 4. The van der Waals surface area contributed by atoms with Gasteiger partial charge < -0.3 is 20.7 Å². The smallest absolute Gasteiger partial charge is 0.229 e. The number of aromatic amines is 2. The van der Waals surface area contributed by atoms with Gasteiger partial charge in [-0.1, -0.05) is 11.6 Å². The van der Waals surface area contributed by atoms with Gasteiger partial charge in [0.2, 0.25) is 5.95 Å². The van der Waals surface area contributed by atoms with Crippen LogP contribution in [-0.4, -0.2) is 30.3 Å². The maximum atomic E-state index is 14.4. The summed E-state index contributed by atoms with van der Waals surface area (Å²) in [6.45, 7) is 0. The second kappa shape index (κ2) is 6.38. The highest BCUT2D eigenvalue weighted by Crippen LogP contribution is 2.40. The van der Waals surface area contributed by atoms with Crippen molar-refractivity contribution in [1.29, 1.82) is 0 Å². The van der Waals surface area contributed by atoms with Crippen molar-refractivity contribution in [3.05, 3.63) is 47.1 Å². The quantitative estimate of drug-likeness (QED) is 0.336. The molecule has 4 aromatic rings. The van der Waals surface area contributed by atoms with E-state index in [1.807, 2.05) is 6.07 Å². The lowest BCUT2D eigenvalue weighted by Crippen LogP contribution is -2.02. The van der Waals surface area contributed by atoms with E-state index in [9.17, 15) is 9.50 Å². The number of hydrogen-bond donors (Lipinski definition) is 5. The van der Waals surface area contributed by atoms with Crippen molar-refractivity contribution in [1.82, 2.24) is 25.1 Å². The molecular formula is C18H15ClFN7O. The average molecular weight is 400 g/mol. The number of nitrogens with zero attached hydrogens (tertiary/aromatic N) is 3. The first kappa shape index (κ1) is 16.8. The van der Waals surface area contributed by atoms with Gasteiger partial charge in [-0.15, -0.1) is 0 Å². The van der Waals surface area contributed by atoms with Crippen LogP contribution in [0, 0.1) is 5.82 Å². The maximum Gasteiger partial charge on any atom is 0.229 e. The Morgan fingerprint density at radius 3 is 2.89 bits per heavy atom. The topological polar surface area (TPSA) is 115 Å². The van der Waals surface area contributed by atoms with Crippen molar-refractivity contribution in [2.75, 3.05) is 10.6 Å². The number of aromatic hydroxyl groups is 1. The minimum absolute atomic E-state index is 0.0394. The molecule has 3 heterocycles. The Morgan fingerprint density at radius 2 is 2.07 bits per heavy atom. The predicted octanol–water partition coefficient (Wildman–Crippen LogP) is 4.54. The highest BCUT2D eigenvalue weighted by atomic mass is 35.5. The maximum absolute atomic E-state index is 14.4. The SMILES string of the molecule is Oc1[nH]cc2cc(F)c(Nc3ncc(Cl)c(Nc4cc(C5CC5)[nH]n4)n3)cc12. The first-order chi connectivity index (χ1) is 13.6. The Kier molecular flexibility index (Phi) is 3.83. The van der Waals surface area contributed by atoms with Gasteiger partial charge in [0.25, 0.3) is 0 Å². The van der Waals surface area contributed by atoms with Gasteiger partial charge in [-0.3, -0.25) is 5.10 Å². The molecule has 0 amide bonds. The van der Waals surface area contributed by atoms with E-state index in [1.165, 1.54) is 24.5 Å². The van der Waals surface area contributed by atoms with E-state index in [0.29, 0.717) is 33.3 Å². The van der Waals surface area contributed by atoms with Gasteiger partial charge in [0.15, 0.2) is 17.5 Å². The average Bonchev–Trinajstić information content (AvgIpc) is 3.33. The number of aromatic nitrogens is 5. The van der Waals surface area contributed by atoms with Crippen LogP contribution >= 0.6 is 11.6 Å². The van der Waals surface area contributed by atoms with Gasteiger partial charge in [-0.05, 0) is 25.0 Å². The zero-order valence-electron chi connectivity index (χ0n) is 14.4. The fourth-order valence-electron chi connectivity index (χ4n) is 2.99. The van der Waals surface area contributed by atoms with Crippen LogP contribution in [0.5, 0.6) is 5.88 Å². The van der Waals surface area contributed by atoms with Crippen LogP contribution in [0.3, 0.4) is 0 Å². The molecule has 1 aromatic carbocycles. The second-order valence-electron chi connectivity index (χ2n) is 6.68. The van der Waals surface area contributed by atoms with Crippen LogP contribution in [-0.2, 0) is 0 Å². The molecule has 0 bridgehead atoms.